The van der Waals surface area contributed by atoms with Gasteiger partial charge < -0.3 is 24.8 Å². The van der Waals surface area contributed by atoms with Crippen molar-refractivity contribution in [2.75, 3.05) is 49.9 Å². The number of halogens is 2. The van der Waals surface area contributed by atoms with Crippen LogP contribution in [0.3, 0.4) is 0 Å². The molecule has 7 aromatic rings. The Morgan fingerprint density at radius 2 is 1.26 bits per heavy atom. The number of likely N-dealkylation sites (tertiary alicyclic amines) is 2. The van der Waals surface area contributed by atoms with Gasteiger partial charge in [0.25, 0.3) is 16.7 Å². The van der Waals surface area contributed by atoms with Crippen LogP contribution < -0.4 is 36.8 Å². The molecule has 400 valence electrons. The SMILES string of the molecule is CC(=O)OCc1c(-c2cc(Nc3ccc(OC(C)(C)CN4CCC4)cn3)c(=O)n(C)n2)cccc1-n1ncc2cc(C(C)(C)C)cc(F)c2c1=O.Cn1nc(Cl)cc(Nc2ccc(OC(C)(C)CN3CCC3)cn2)c1=O. The van der Waals surface area contributed by atoms with Crippen LogP contribution in [0, 0.1) is 5.82 Å². The Bertz CT molecular complexity index is 3440. The van der Waals surface area contributed by atoms with Gasteiger partial charge in [-0.2, -0.15) is 20.0 Å². The summed E-state index contributed by atoms with van der Waals surface area (Å²) in [6.07, 6.45) is 7.16. The zero-order chi connectivity index (χ0) is 54.7. The number of pyridine rings is 2. The molecule has 7 heterocycles. The van der Waals surface area contributed by atoms with Gasteiger partial charge >= 0.3 is 5.97 Å². The second kappa shape index (κ2) is 22.3. The molecule has 19 nitrogen and oxygen atoms in total. The van der Waals surface area contributed by atoms with E-state index in [-0.39, 0.29) is 45.1 Å². The number of aryl methyl sites for hydroxylation is 2. The van der Waals surface area contributed by atoms with Gasteiger partial charge in [-0.25, -0.2) is 23.7 Å². The van der Waals surface area contributed by atoms with E-state index in [1.165, 1.54) is 54.5 Å². The maximum absolute atomic E-state index is 15.5. The number of hydrogen-bond acceptors (Lipinski definition) is 16. The molecule has 9 rings (SSSR count). The van der Waals surface area contributed by atoms with Crippen LogP contribution in [0.1, 0.15) is 79.4 Å². The van der Waals surface area contributed by atoms with Crippen LogP contribution in [-0.2, 0) is 35.6 Å². The Morgan fingerprint density at radius 3 is 1.76 bits per heavy atom. The lowest BCUT2D eigenvalue weighted by atomic mass is 9.86. The zero-order valence-electron chi connectivity index (χ0n) is 44.5. The quantitative estimate of drug-likeness (QED) is 0.0878. The molecule has 2 N–H and O–H groups in total. The predicted molar refractivity (Wildman–Crippen MR) is 291 cm³/mol. The third-order valence-corrected chi connectivity index (χ3v) is 13.0. The van der Waals surface area contributed by atoms with E-state index in [2.05, 4.69) is 59.5 Å². The van der Waals surface area contributed by atoms with E-state index in [4.69, 9.17) is 25.8 Å². The van der Waals surface area contributed by atoms with Crippen molar-refractivity contribution in [2.24, 2.45) is 14.1 Å². The summed E-state index contributed by atoms with van der Waals surface area (Å²) in [7, 11) is 3.06. The Labute approximate surface area is 444 Å². The third kappa shape index (κ3) is 13.3. The number of carbonyl (C=O) groups is 1. The Balaban J connectivity index is 0.000000255. The van der Waals surface area contributed by atoms with Crippen molar-refractivity contribution in [3.05, 3.63) is 138 Å². The number of anilines is 4. The molecule has 0 aliphatic carbocycles. The molecule has 2 saturated heterocycles. The molecule has 0 bridgehead atoms. The summed E-state index contributed by atoms with van der Waals surface area (Å²) in [6, 6.07) is 18.3. The summed E-state index contributed by atoms with van der Waals surface area (Å²) in [4.78, 5) is 64.6. The van der Waals surface area contributed by atoms with Gasteiger partial charge in [0.15, 0.2) is 5.15 Å². The molecule has 0 saturated carbocycles. The average Bonchev–Trinajstić information content (AvgIpc) is 3.32. The lowest BCUT2D eigenvalue weighted by Crippen LogP contribution is -2.48. The standard InChI is InChI=1S/C38H42FN7O5.C17H22ClN5O2/c1-23(47)50-21-28-27(10-8-11-32(28)46-36(49)34-24(19-41-46)16-25(17-29(34)39)37(2,3)4)30-18-31(35(48)44(7)43-30)42-33-13-12-26(20-40-33)51-38(5,6)22-45-14-9-15-45;1-17(2,11-23-7-4-8-23)25-12-5-6-15(19-10-12)20-13-9-14(18)21-22(3)16(13)24/h8,10-13,16-20H,9,14-15,21-22H2,1-7H3,(H,40,42);5-6,9-10H,4,7-8,11H2,1-3H3,(H,19,20). The molecule has 76 heavy (non-hydrogen) atoms. The van der Waals surface area contributed by atoms with Crippen LogP contribution in [0.4, 0.5) is 27.4 Å². The van der Waals surface area contributed by atoms with E-state index in [9.17, 15) is 19.2 Å². The minimum absolute atomic E-state index is 0.114. The number of aromatic nitrogens is 8. The second-order valence-corrected chi connectivity index (χ2v) is 21.7. The molecule has 2 aliphatic heterocycles. The summed E-state index contributed by atoms with van der Waals surface area (Å²) in [5, 5.41) is 19.3. The number of hydrogen-bond donors (Lipinski definition) is 2. The average molecular weight is 1060 g/mol. The molecule has 2 fully saturated rings. The van der Waals surface area contributed by atoms with Crippen molar-refractivity contribution in [1.82, 2.24) is 49.1 Å². The first-order valence-corrected chi connectivity index (χ1v) is 25.4. The van der Waals surface area contributed by atoms with Gasteiger partial charge in [0, 0.05) is 56.7 Å². The van der Waals surface area contributed by atoms with Gasteiger partial charge in [-0.1, -0.05) is 44.5 Å². The van der Waals surface area contributed by atoms with Crippen molar-refractivity contribution in [3.63, 3.8) is 0 Å². The van der Waals surface area contributed by atoms with Gasteiger partial charge in [0.1, 0.15) is 58.1 Å². The lowest BCUT2D eigenvalue weighted by molar-refractivity contribution is -0.142. The highest BCUT2D eigenvalue weighted by Crippen LogP contribution is 2.32. The van der Waals surface area contributed by atoms with Crippen molar-refractivity contribution < 1.29 is 23.4 Å². The van der Waals surface area contributed by atoms with Gasteiger partial charge in [-0.3, -0.25) is 29.0 Å². The Kier molecular flexibility index (Phi) is 16.1. The summed E-state index contributed by atoms with van der Waals surface area (Å²) in [5.74, 6) is 1.04. The molecular weight excluding hydrogens is 995 g/mol. The molecule has 0 radical (unpaired) electrons. The lowest BCUT2D eigenvalue weighted by Gasteiger charge is -2.38. The number of nitrogens with one attached hydrogen (secondary N) is 2. The number of ether oxygens (including phenoxy) is 3. The maximum atomic E-state index is 15.5. The number of esters is 1. The van der Waals surface area contributed by atoms with E-state index in [1.807, 2.05) is 40.7 Å². The molecular formula is C55H64ClFN12O7. The van der Waals surface area contributed by atoms with Crippen LogP contribution in [0.15, 0.2) is 99.7 Å². The number of fused-ring (bicyclic) bond motifs is 1. The summed E-state index contributed by atoms with van der Waals surface area (Å²) in [6.45, 7) is 21.2. The van der Waals surface area contributed by atoms with Crippen LogP contribution in [0.2, 0.25) is 5.15 Å². The van der Waals surface area contributed by atoms with Crippen molar-refractivity contribution in [2.45, 2.75) is 91.5 Å². The van der Waals surface area contributed by atoms with Gasteiger partial charge in [0.2, 0.25) is 0 Å². The van der Waals surface area contributed by atoms with Crippen LogP contribution in [0.25, 0.3) is 27.7 Å². The monoisotopic (exact) mass is 1060 g/mol. The molecule has 0 atom stereocenters. The first kappa shape index (κ1) is 54.7. The fraction of sp³-hybridized carbons (Fsp3) is 0.400. The zero-order valence-corrected chi connectivity index (χ0v) is 45.3. The topological polar surface area (TPSA) is 206 Å². The Morgan fingerprint density at radius 1 is 0.711 bits per heavy atom. The van der Waals surface area contributed by atoms with Crippen LogP contribution >= 0.6 is 11.6 Å². The molecule has 5 aromatic heterocycles. The minimum atomic E-state index is -0.676. The van der Waals surface area contributed by atoms with Gasteiger partial charge in [-0.05, 0) is 126 Å². The first-order valence-electron chi connectivity index (χ1n) is 25.0. The third-order valence-electron chi connectivity index (χ3n) is 12.8. The minimum Gasteiger partial charge on any atom is -0.485 e. The van der Waals surface area contributed by atoms with E-state index < -0.39 is 28.5 Å². The normalized spacial score (nSPS) is 14.0. The summed E-state index contributed by atoms with van der Waals surface area (Å²) in [5.41, 5.74) is 0.292. The predicted octanol–water partition coefficient (Wildman–Crippen LogP) is 8.08. The van der Waals surface area contributed by atoms with Gasteiger partial charge in [-0.15, -0.1) is 0 Å². The molecule has 0 spiro atoms. The number of benzene rings is 2. The summed E-state index contributed by atoms with van der Waals surface area (Å²) < 4.78 is 36.6. The van der Waals surface area contributed by atoms with E-state index >= 15 is 4.39 Å². The maximum Gasteiger partial charge on any atom is 0.302 e. The van der Waals surface area contributed by atoms with Crippen molar-refractivity contribution in [1.29, 1.82) is 0 Å². The highest BCUT2D eigenvalue weighted by atomic mass is 35.5. The Hall–Kier alpha value is -7.55. The number of nitrogens with zero attached hydrogens (tertiary/aromatic N) is 10. The summed E-state index contributed by atoms with van der Waals surface area (Å²) >= 11 is 5.89. The highest BCUT2D eigenvalue weighted by molar-refractivity contribution is 6.29. The highest BCUT2D eigenvalue weighted by Gasteiger charge is 2.29. The molecule has 21 heteroatoms. The molecule has 2 aliphatic rings. The van der Waals surface area contributed by atoms with Crippen LogP contribution in [-0.4, -0.2) is 106 Å². The number of carbonyl (C=O) groups excluding carboxylic acids is 1. The second-order valence-electron chi connectivity index (χ2n) is 21.3. The van der Waals surface area contributed by atoms with Crippen molar-refractivity contribution in [3.8, 4) is 28.4 Å². The largest absolute Gasteiger partial charge is 0.485 e. The van der Waals surface area contributed by atoms with E-state index in [0.29, 0.717) is 51.0 Å². The smallest absolute Gasteiger partial charge is 0.302 e. The van der Waals surface area contributed by atoms with Gasteiger partial charge in [0.05, 0.1) is 35.4 Å². The molecule has 0 amide bonds. The fourth-order valence-electron chi connectivity index (χ4n) is 8.83. The molecule has 2 aromatic carbocycles. The molecule has 0 unspecified atom stereocenters. The fourth-order valence-corrected chi connectivity index (χ4v) is 9.06. The van der Waals surface area contributed by atoms with Crippen LogP contribution in [0.5, 0.6) is 11.5 Å². The first-order chi connectivity index (χ1) is 35.9. The van der Waals surface area contributed by atoms with E-state index in [1.54, 1.807) is 68.0 Å². The van der Waals surface area contributed by atoms with E-state index in [0.717, 1.165) is 49.5 Å². The van der Waals surface area contributed by atoms with Crippen molar-refractivity contribution >= 4 is 51.4 Å². The number of rotatable bonds is 16.